The first kappa shape index (κ1) is 25.1. The molecule has 184 valence electrons. The predicted molar refractivity (Wildman–Crippen MR) is 135 cm³/mol. The summed E-state index contributed by atoms with van der Waals surface area (Å²) in [5, 5.41) is 14.4. The number of nitrogens with zero attached hydrogens (tertiary/aromatic N) is 2. The number of pyridine rings is 1. The number of aromatic carboxylic acids is 1. The molecule has 0 aliphatic heterocycles. The number of ether oxygens (including phenoxy) is 2. The first-order valence-electron chi connectivity index (χ1n) is 11.5. The number of hydrogen-bond acceptors (Lipinski definition) is 6. The molecule has 1 aliphatic rings. The van der Waals surface area contributed by atoms with Gasteiger partial charge in [-0.3, -0.25) is 4.98 Å². The van der Waals surface area contributed by atoms with Crippen LogP contribution in [0, 0.1) is 0 Å². The molecule has 0 unspecified atom stereocenters. The van der Waals surface area contributed by atoms with E-state index in [4.69, 9.17) is 37.2 Å². The third kappa shape index (κ3) is 6.35. The number of carboxylic acid groups (broad SMARTS) is 1. The Bertz CT molecular complexity index is 1200. The van der Waals surface area contributed by atoms with E-state index in [1.54, 1.807) is 18.5 Å². The highest BCUT2D eigenvalue weighted by Crippen LogP contribution is 2.46. The van der Waals surface area contributed by atoms with Crippen LogP contribution in [0.5, 0.6) is 11.5 Å². The van der Waals surface area contributed by atoms with Crippen LogP contribution in [-0.4, -0.2) is 34.9 Å². The molecule has 2 heterocycles. The van der Waals surface area contributed by atoms with Gasteiger partial charge in [0.15, 0.2) is 0 Å². The largest absolute Gasteiger partial charge is 0.497 e. The minimum absolute atomic E-state index is 0.137. The first-order valence-corrected chi connectivity index (χ1v) is 12.2. The highest BCUT2D eigenvalue weighted by molar-refractivity contribution is 6.39. The molecule has 0 saturated heterocycles. The molecule has 0 atom stereocenters. The lowest BCUT2D eigenvalue weighted by molar-refractivity contribution is 0.0696. The van der Waals surface area contributed by atoms with Crippen molar-refractivity contribution < 1.29 is 23.9 Å². The van der Waals surface area contributed by atoms with Crippen LogP contribution in [0.25, 0.3) is 17.3 Å². The van der Waals surface area contributed by atoms with Crippen LogP contribution in [-0.2, 0) is 0 Å². The Morgan fingerprint density at radius 2 is 1.89 bits per heavy atom. The second kappa shape index (κ2) is 11.6. The molecule has 0 radical (unpaired) electrons. The van der Waals surface area contributed by atoms with Gasteiger partial charge in [-0.25, -0.2) is 4.79 Å². The van der Waals surface area contributed by atoms with Crippen LogP contribution < -0.4 is 9.47 Å². The maximum Gasteiger partial charge on any atom is 0.335 e. The van der Waals surface area contributed by atoms with Gasteiger partial charge < -0.3 is 19.1 Å². The van der Waals surface area contributed by atoms with Crippen LogP contribution >= 0.6 is 23.2 Å². The van der Waals surface area contributed by atoms with Gasteiger partial charge in [-0.1, -0.05) is 40.5 Å². The van der Waals surface area contributed by atoms with Gasteiger partial charge in [-0.2, -0.15) is 0 Å². The zero-order valence-electron chi connectivity index (χ0n) is 19.3. The SMILES string of the molecule is COc1cc(OCCCCC/C=C/c2c(-c3c(Cl)cncc3Cl)noc2C2CC2)cc(C(=O)O)c1. The number of allylic oxidation sites excluding steroid dienone is 1. The van der Waals surface area contributed by atoms with Crippen molar-refractivity contribution in [3.05, 3.63) is 63.6 Å². The monoisotopic (exact) mass is 516 g/mol. The average Bonchev–Trinajstić information content (AvgIpc) is 3.61. The Balaban J connectivity index is 1.30. The molecule has 0 amide bonds. The van der Waals surface area contributed by atoms with Crippen LogP contribution in [0.15, 0.2) is 41.2 Å². The van der Waals surface area contributed by atoms with Gasteiger partial charge >= 0.3 is 5.97 Å². The molecule has 1 aliphatic carbocycles. The lowest BCUT2D eigenvalue weighted by Crippen LogP contribution is -2.01. The Morgan fingerprint density at radius 3 is 2.57 bits per heavy atom. The highest BCUT2D eigenvalue weighted by atomic mass is 35.5. The van der Waals surface area contributed by atoms with Crippen molar-refractivity contribution in [2.45, 2.75) is 44.4 Å². The maximum absolute atomic E-state index is 11.2. The third-order valence-electron chi connectivity index (χ3n) is 5.73. The Hall–Kier alpha value is -3.03. The van der Waals surface area contributed by atoms with E-state index in [0.717, 1.165) is 49.8 Å². The van der Waals surface area contributed by atoms with Crippen LogP contribution in [0.4, 0.5) is 0 Å². The molecule has 4 rings (SSSR count). The Morgan fingerprint density at radius 1 is 1.14 bits per heavy atom. The molecule has 1 fully saturated rings. The van der Waals surface area contributed by atoms with Crippen molar-refractivity contribution in [1.82, 2.24) is 10.1 Å². The fourth-order valence-corrected chi connectivity index (χ4v) is 4.30. The number of methoxy groups -OCH3 is 1. The summed E-state index contributed by atoms with van der Waals surface area (Å²) in [6, 6.07) is 4.65. The summed E-state index contributed by atoms with van der Waals surface area (Å²) in [5.74, 6) is 1.20. The Labute approximate surface area is 213 Å². The second-order valence-electron chi connectivity index (χ2n) is 8.36. The zero-order valence-corrected chi connectivity index (χ0v) is 20.8. The van der Waals surface area contributed by atoms with E-state index < -0.39 is 5.97 Å². The molecule has 0 spiro atoms. The fourth-order valence-electron chi connectivity index (χ4n) is 3.76. The topological polar surface area (TPSA) is 94.7 Å². The van der Waals surface area contributed by atoms with Gasteiger partial charge in [-0.05, 0) is 50.7 Å². The van der Waals surface area contributed by atoms with Gasteiger partial charge in [0, 0.05) is 35.5 Å². The lowest BCUT2D eigenvalue weighted by Gasteiger charge is -2.09. The normalized spacial score (nSPS) is 13.3. The molecule has 1 saturated carbocycles. The molecule has 3 aromatic rings. The average molecular weight is 517 g/mol. The van der Waals surface area contributed by atoms with E-state index in [2.05, 4.69) is 16.2 Å². The van der Waals surface area contributed by atoms with Crippen molar-refractivity contribution in [3.63, 3.8) is 0 Å². The zero-order chi connectivity index (χ0) is 24.8. The van der Waals surface area contributed by atoms with Gasteiger partial charge in [0.1, 0.15) is 23.0 Å². The van der Waals surface area contributed by atoms with Crippen LogP contribution in [0.2, 0.25) is 10.0 Å². The number of rotatable bonds is 12. The number of carbonyl (C=O) groups is 1. The fraction of sp³-hybridized carbons (Fsp3) is 0.346. The standard InChI is InChI=1S/C26H26Cl2N2O5/c1-33-18-11-17(26(31)32)12-19(13-18)34-10-6-4-2-3-5-7-20-24(30-35-25(20)16-8-9-16)23-21(27)14-29-15-22(23)28/h5,7,11-16H,2-4,6,8-10H2,1H3,(H,31,32)/b7-5+. The minimum atomic E-state index is -1.02. The summed E-state index contributed by atoms with van der Waals surface area (Å²) in [6.07, 6.45) is 13.1. The van der Waals surface area contributed by atoms with Gasteiger partial charge in [0.25, 0.3) is 0 Å². The van der Waals surface area contributed by atoms with E-state index in [9.17, 15) is 9.90 Å². The number of unbranched alkanes of at least 4 members (excludes halogenated alkanes) is 3. The smallest absolute Gasteiger partial charge is 0.335 e. The quantitative estimate of drug-likeness (QED) is 0.252. The molecular weight excluding hydrogens is 491 g/mol. The second-order valence-corrected chi connectivity index (χ2v) is 9.18. The van der Waals surface area contributed by atoms with E-state index >= 15 is 0 Å². The summed E-state index contributed by atoms with van der Waals surface area (Å²) in [4.78, 5) is 15.3. The molecule has 9 heteroatoms. The number of benzene rings is 1. The van der Waals surface area contributed by atoms with E-state index in [1.165, 1.54) is 19.2 Å². The van der Waals surface area contributed by atoms with Gasteiger partial charge in [-0.15, -0.1) is 0 Å². The van der Waals surface area contributed by atoms with Crippen molar-refractivity contribution in [1.29, 1.82) is 0 Å². The lowest BCUT2D eigenvalue weighted by atomic mass is 10.0. The van der Waals surface area contributed by atoms with Crippen molar-refractivity contribution in [2.75, 3.05) is 13.7 Å². The molecule has 1 aromatic carbocycles. The first-order chi connectivity index (χ1) is 17.0. The van der Waals surface area contributed by atoms with Crippen LogP contribution in [0.3, 0.4) is 0 Å². The number of carboxylic acids is 1. The maximum atomic E-state index is 11.2. The van der Waals surface area contributed by atoms with Crippen molar-refractivity contribution in [3.8, 4) is 22.8 Å². The third-order valence-corrected chi connectivity index (χ3v) is 6.30. The predicted octanol–water partition coefficient (Wildman–Crippen LogP) is 7.28. The number of halogens is 2. The number of hydrogen-bond donors (Lipinski definition) is 1. The summed E-state index contributed by atoms with van der Waals surface area (Å²) >= 11 is 12.7. The van der Waals surface area contributed by atoms with Crippen molar-refractivity contribution >= 4 is 35.2 Å². The van der Waals surface area contributed by atoms with Crippen LogP contribution in [0.1, 0.15) is 66.1 Å². The summed E-state index contributed by atoms with van der Waals surface area (Å²) in [6.45, 7) is 0.497. The molecule has 7 nitrogen and oxygen atoms in total. The molecule has 0 bridgehead atoms. The van der Waals surface area contributed by atoms with Crippen molar-refractivity contribution in [2.24, 2.45) is 0 Å². The Kier molecular flexibility index (Phi) is 8.31. The van der Waals surface area contributed by atoms with E-state index in [1.807, 2.05) is 6.08 Å². The van der Waals surface area contributed by atoms with E-state index in [-0.39, 0.29) is 5.56 Å². The van der Waals surface area contributed by atoms with Gasteiger partial charge in [0.05, 0.1) is 29.3 Å². The highest BCUT2D eigenvalue weighted by Gasteiger charge is 2.32. The molecular formula is C26H26Cl2N2O5. The number of aromatic nitrogens is 2. The summed E-state index contributed by atoms with van der Waals surface area (Å²) < 4.78 is 16.5. The molecule has 1 N–H and O–H groups in total. The minimum Gasteiger partial charge on any atom is -0.497 e. The molecule has 2 aromatic heterocycles. The van der Waals surface area contributed by atoms with E-state index in [0.29, 0.717) is 45.3 Å². The molecule has 35 heavy (non-hydrogen) atoms. The summed E-state index contributed by atoms with van der Waals surface area (Å²) in [5.41, 5.74) is 2.35. The van der Waals surface area contributed by atoms with Gasteiger partial charge in [0.2, 0.25) is 0 Å². The summed E-state index contributed by atoms with van der Waals surface area (Å²) in [7, 11) is 1.49.